The molecular weight excluding hydrogens is 319 g/mol. The number of hydrogen-bond donors (Lipinski definition) is 2. The summed E-state index contributed by atoms with van der Waals surface area (Å²) in [6.45, 7) is 1.87. The number of amides is 1. The average molecular weight is 329 g/mol. The Morgan fingerprint density at radius 2 is 1.77 bits per heavy atom. The Morgan fingerprint density at radius 1 is 1.18 bits per heavy atom. The van der Waals surface area contributed by atoms with E-state index >= 15 is 0 Å². The van der Waals surface area contributed by atoms with Crippen molar-refractivity contribution in [2.75, 3.05) is 5.32 Å². The fourth-order valence-corrected chi connectivity index (χ4v) is 2.65. The summed E-state index contributed by atoms with van der Waals surface area (Å²) < 4.78 is 36.9. The molecule has 0 spiro atoms. The molecule has 2 N–H and O–H groups in total. The number of carbonyl (C=O) groups is 2. The number of carboxylic acid groups (broad SMARTS) is 1. The highest BCUT2D eigenvalue weighted by molar-refractivity contribution is 7.18. The maximum Gasteiger partial charge on any atom is 0.471 e. The van der Waals surface area contributed by atoms with Gasteiger partial charge in [-0.1, -0.05) is 29.8 Å². The predicted octanol–water partition coefficient (Wildman–Crippen LogP) is 3.92. The van der Waals surface area contributed by atoms with E-state index < -0.39 is 18.1 Å². The summed E-state index contributed by atoms with van der Waals surface area (Å²) >= 11 is 0.798. The van der Waals surface area contributed by atoms with Gasteiger partial charge in [0.1, 0.15) is 4.88 Å². The zero-order valence-electron chi connectivity index (χ0n) is 11.2. The van der Waals surface area contributed by atoms with E-state index in [9.17, 15) is 22.8 Å². The summed E-state index contributed by atoms with van der Waals surface area (Å²) in [5, 5.41) is 10.7. The number of hydrogen-bond acceptors (Lipinski definition) is 3. The van der Waals surface area contributed by atoms with E-state index in [1.165, 1.54) is 6.07 Å². The predicted molar refractivity (Wildman–Crippen MR) is 76.1 cm³/mol. The lowest BCUT2D eigenvalue weighted by Gasteiger charge is -2.06. The second kappa shape index (κ2) is 5.80. The van der Waals surface area contributed by atoms with Gasteiger partial charge in [-0.3, -0.25) is 4.79 Å². The molecular formula is C14H10F3NO3S. The van der Waals surface area contributed by atoms with Crippen molar-refractivity contribution >= 4 is 28.9 Å². The Hall–Kier alpha value is -2.35. The van der Waals surface area contributed by atoms with Crippen molar-refractivity contribution in [1.29, 1.82) is 0 Å². The van der Waals surface area contributed by atoms with Gasteiger partial charge in [-0.2, -0.15) is 13.2 Å². The summed E-state index contributed by atoms with van der Waals surface area (Å²) in [4.78, 5) is 22.2. The molecule has 0 aliphatic carbocycles. The number of anilines is 1. The highest BCUT2D eigenvalue weighted by Crippen LogP contribution is 2.35. The van der Waals surface area contributed by atoms with Crippen LogP contribution in [0.4, 0.5) is 18.9 Å². The number of alkyl halides is 3. The Balaban J connectivity index is 2.40. The van der Waals surface area contributed by atoms with E-state index in [0.29, 0.717) is 10.4 Å². The van der Waals surface area contributed by atoms with Crippen LogP contribution in [-0.2, 0) is 4.79 Å². The van der Waals surface area contributed by atoms with Gasteiger partial charge in [-0.05, 0) is 18.6 Å². The van der Waals surface area contributed by atoms with Crippen molar-refractivity contribution in [1.82, 2.24) is 0 Å². The van der Waals surface area contributed by atoms with Gasteiger partial charge in [0.25, 0.3) is 0 Å². The SMILES string of the molecule is Cc1ccc(-c2cc(NC(=O)C(F)(F)F)c(C(=O)O)s2)cc1. The third-order valence-electron chi connectivity index (χ3n) is 2.77. The number of carbonyl (C=O) groups excluding carboxylic acids is 1. The van der Waals surface area contributed by atoms with Gasteiger partial charge >= 0.3 is 18.1 Å². The number of rotatable bonds is 3. The average Bonchev–Trinajstić information content (AvgIpc) is 2.82. The van der Waals surface area contributed by atoms with Gasteiger partial charge in [0.05, 0.1) is 5.69 Å². The highest BCUT2D eigenvalue weighted by atomic mass is 32.1. The van der Waals surface area contributed by atoms with Crippen LogP contribution in [0.25, 0.3) is 10.4 Å². The first-order chi connectivity index (χ1) is 10.2. The van der Waals surface area contributed by atoms with Crippen LogP contribution in [0, 0.1) is 6.92 Å². The van der Waals surface area contributed by atoms with E-state index in [1.807, 2.05) is 6.92 Å². The maximum atomic E-state index is 12.3. The highest BCUT2D eigenvalue weighted by Gasteiger charge is 2.39. The van der Waals surface area contributed by atoms with Crippen LogP contribution >= 0.6 is 11.3 Å². The molecule has 0 radical (unpaired) electrons. The second-order valence-electron chi connectivity index (χ2n) is 4.48. The molecule has 0 bridgehead atoms. The molecule has 0 unspecified atom stereocenters. The van der Waals surface area contributed by atoms with Crippen molar-refractivity contribution in [3.05, 3.63) is 40.8 Å². The van der Waals surface area contributed by atoms with Gasteiger partial charge in [-0.25, -0.2) is 4.79 Å². The molecule has 0 saturated carbocycles. The minimum absolute atomic E-state index is 0.354. The molecule has 116 valence electrons. The quantitative estimate of drug-likeness (QED) is 0.897. The van der Waals surface area contributed by atoms with E-state index in [1.54, 1.807) is 29.6 Å². The van der Waals surface area contributed by atoms with Crippen LogP contribution in [0.3, 0.4) is 0 Å². The molecule has 0 fully saturated rings. The van der Waals surface area contributed by atoms with Crippen molar-refractivity contribution < 1.29 is 27.9 Å². The molecule has 8 heteroatoms. The van der Waals surface area contributed by atoms with Crippen LogP contribution in [0.5, 0.6) is 0 Å². The standard InChI is InChI=1S/C14H10F3NO3S/c1-7-2-4-8(5-3-7)10-6-9(11(22-10)12(19)20)18-13(21)14(15,16)17/h2-6H,1H3,(H,18,21)(H,19,20). The van der Waals surface area contributed by atoms with Crippen molar-refractivity contribution in [2.45, 2.75) is 13.1 Å². The molecule has 1 heterocycles. The molecule has 1 aromatic carbocycles. The zero-order valence-corrected chi connectivity index (χ0v) is 12.0. The van der Waals surface area contributed by atoms with Gasteiger partial charge in [0, 0.05) is 4.88 Å². The monoisotopic (exact) mass is 329 g/mol. The van der Waals surface area contributed by atoms with E-state index in [-0.39, 0.29) is 10.6 Å². The molecule has 0 aliphatic heterocycles. The fraction of sp³-hybridized carbons (Fsp3) is 0.143. The lowest BCUT2D eigenvalue weighted by Crippen LogP contribution is -2.30. The first kappa shape index (κ1) is 16.0. The molecule has 1 aromatic heterocycles. The Kier molecular flexibility index (Phi) is 4.23. The lowest BCUT2D eigenvalue weighted by molar-refractivity contribution is -0.167. The molecule has 2 aromatic rings. The zero-order chi connectivity index (χ0) is 16.5. The number of carboxylic acids is 1. The van der Waals surface area contributed by atoms with E-state index in [4.69, 9.17) is 5.11 Å². The van der Waals surface area contributed by atoms with Crippen molar-refractivity contribution in [3.63, 3.8) is 0 Å². The maximum absolute atomic E-state index is 12.3. The molecule has 2 rings (SSSR count). The first-order valence-electron chi connectivity index (χ1n) is 6.01. The fourth-order valence-electron chi connectivity index (χ4n) is 1.70. The second-order valence-corrected chi connectivity index (χ2v) is 5.53. The van der Waals surface area contributed by atoms with Crippen LogP contribution in [0.1, 0.15) is 15.2 Å². The molecule has 0 atom stereocenters. The number of aromatic carboxylic acids is 1. The molecule has 4 nitrogen and oxygen atoms in total. The Labute approximate surface area is 127 Å². The van der Waals surface area contributed by atoms with Crippen molar-refractivity contribution in [3.8, 4) is 10.4 Å². The summed E-state index contributed by atoms with van der Waals surface area (Å²) in [6, 6.07) is 8.26. The lowest BCUT2D eigenvalue weighted by atomic mass is 10.1. The molecule has 1 amide bonds. The number of halogens is 3. The summed E-state index contributed by atoms with van der Waals surface area (Å²) in [7, 11) is 0. The van der Waals surface area contributed by atoms with Gasteiger partial charge < -0.3 is 10.4 Å². The first-order valence-corrected chi connectivity index (χ1v) is 6.82. The summed E-state index contributed by atoms with van der Waals surface area (Å²) in [5.41, 5.74) is 1.28. The topological polar surface area (TPSA) is 66.4 Å². The third-order valence-corrected chi connectivity index (χ3v) is 3.94. The molecule has 0 saturated heterocycles. The van der Waals surface area contributed by atoms with Gasteiger partial charge in [0.2, 0.25) is 0 Å². The Morgan fingerprint density at radius 3 is 2.27 bits per heavy atom. The molecule has 0 aliphatic rings. The van der Waals surface area contributed by atoms with Gasteiger partial charge in [-0.15, -0.1) is 11.3 Å². The smallest absolute Gasteiger partial charge is 0.471 e. The summed E-state index contributed by atoms with van der Waals surface area (Å²) in [5.74, 6) is -3.61. The summed E-state index contributed by atoms with van der Waals surface area (Å²) in [6.07, 6.45) is -5.08. The number of benzene rings is 1. The van der Waals surface area contributed by atoms with E-state index in [2.05, 4.69) is 0 Å². The number of thiophene rings is 1. The van der Waals surface area contributed by atoms with Gasteiger partial charge in [0.15, 0.2) is 0 Å². The van der Waals surface area contributed by atoms with E-state index in [0.717, 1.165) is 16.9 Å². The molecule has 22 heavy (non-hydrogen) atoms. The van der Waals surface area contributed by atoms with Crippen LogP contribution < -0.4 is 5.32 Å². The number of nitrogens with one attached hydrogen (secondary N) is 1. The van der Waals surface area contributed by atoms with Crippen LogP contribution in [0.15, 0.2) is 30.3 Å². The third kappa shape index (κ3) is 3.45. The number of aryl methyl sites for hydroxylation is 1. The minimum Gasteiger partial charge on any atom is -0.477 e. The minimum atomic E-state index is -5.08. The van der Waals surface area contributed by atoms with Crippen LogP contribution in [0.2, 0.25) is 0 Å². The largest absolute Gasteiger partial charge is 0.477 e. The normalized spacial score (nSPS) is 11.3. The van der Waals surface area contributed by atoms with Crippen molar-refractivity contribution in [2.24, 2.45) is 0 Å². The Bertz CT molecular complexity index is 720. The van der Waals surface area contributed by atoms with Crippen LogP contribution in [-0.4, -0.2) is 23.2 Å².